The first-order valence-electron chi connectivity index (χ1n) is 4.93. The number of nitrogens with zero attached hydrogens (tertiary/aromatic N) is 4. The molecule has 0 aliphatic carbocycles. The minimum atomic E-state index is 0.140. The average molecular weight is 214 g/mol. The van der Waals surface area contributed by atoms with Crippen LogP contribution in [0.25, 0.3) is 0 Å². The highest BCUT2D eigenvalue weighted by atomic mass is 16.5. The monoisotopic (exact) mass is 214 g/mol. The Labute approximate surface area is 89.5 Å². The van der Waals surface area contributed by atoms with Crippen LogP contribution in [-0.2, 0) is 18.3 Å². The fourth-order valence-electron chi connectivity index (χ4n) is 1.30. The van der Waals surface area contributed by atoms with Crippen LogP contribution in [0.2, 0.25) is 0 Å². The molecule has 0 atom stereocenters. The summed E-state index contributed by atoms with van der Waals surface area (Å²) in [5.74, 6) is 0.888. The molecule has 0 spiro atoms. The van der Waals surface area contributed by atoms with Gasteiger partial charge in [-0.25, -0.2) is 4.98 Å². The molecule has 0 radical (unpaired) electrons. The molecule has 0 bridgehead atoms. The number of rotatable bonds is 7. The molecular weight excluding hydrogens is 196 g/mol. The molecule has 0 saturated heterocycles. The second kappa shape index (κ2) is 6.49. The molecular formula is C9H18N4O2. The Morgan fingerprint density at radius 1 is 1.53 bits per heavy atom. The lowest BCUT2D eigenvalue weighted by Crippen LogP contribution is -2.31. The minimum absolute atomic E-state index is 0.140. The molecule has 1 aromatic rings. The molecule has 0 aliphatic rings. The van der Waals surface area contributed by atoms with Crippen LogP contribution in [0.1, 0.15) is 5.82 Å². The summed E-state index contributed by atoms with van der Waals surface area (Å²) in [4.78, 5) is 6.21. The van der Waals surface area contributed by atoms with Crippen molar-refractivity contribution in [1.82, 2.24) is 19.7 Å². The maximum Gasteiger partial charge on any atom is 0.140 e. The van der Waals surface area contributed by atoms with Gasteiger partial charge in [-0.3, -0.25) is 9.58 Å². The molecule has 6 nitrogen and oxygen atoms in total. The van der Waals surface area contributed by atoms with E-state index in [9.17, 15) is 0 Å². The summed E-state index contributed by atoms with van der Waals surface area (Å²) in [5.41, 5.74) is 0. The molecule has 0 saturated carbocycles. The van der Waals surface area contributed by atoms with E-state index in [0.717, 1.165) is 12.4 Å². The molecule has 0 unspecified atom stereocenters. The normalized spacial score (nSPS) is 11.2. The Kier molecular flexibility index (Phi) is 5.23. The second-order valence-electron chi connectivity index (χ2n) is 3.29. The van der Waals surface area contributed by atoms with Gasteiger partial charge in [0, 0.05) is 27.2 Å². The third-order valence-corrected chi connectivity index (χ3v) is 2.20. The van der Waals surface area contributed by atoms with Crippen molar-refractivity contribution in [2.45, 2.75) is 6.54 Å². The minimum Gasteiger partial charge on any atom is -0.395 e. The molecule has 0 amide bonds. The number of hydrogen-bond donors (Lipinski definition) is 1. The fourth-order valence-corrected chi connectivity index (χ4v) is 1.30. The van der Waals surface area contributed by atoms with Crippen molar-refractivity contribution < 1.29 is 9.84 Å². The second-order valence-corrected chi connectivity index (χ2v) is 3.29. The van der Waals surface area contributed by atoms with Gasteiger partial charge in [0.1, 0.15) is 12.2 Å². The highest BCUT2D eigenvalue weighted by molar-refractivity contribution is 4.83. The lowest BCUT2D eigenvalue weighted by molar-refractivity contribution is 0.124. The zero-order valence-corrected chi connectivity index (χ0v) is 9.26. The van der Waals surface area contributed by atoms with E-state index >= 15 is 0 Å². The first-order chi connectivity index (χ1) is 7.27. The molecule has 1 aromatic heterocycles. The summed E-state index contributed by atoms with van der Waals surface area (Å²) >= 11 is 0. The Morgan fingerprint density at radius 3 is 2.87 bits per heavy atom. The fraction of sp³-hybridized carbons (Fsp3) is 0.778. The molecule has 6 heteroatoms. The number of ether oxygens (including phenoxy) is 1. The predicted octanol–water partition coefficient (Wildman–Crippen LogP) is -0.744. The molecule has 1 heterocycles. The number of aryl methyl sites for hydroxylation is 1. The summed E-state index contributed by atoms with van der Waals surface area (Å²) in [6.07, 6.45) is 1.53. The van der Waals surface area contributed by atoms with Gasteiger partial charge in [0.05, 0.1) is 19.8 Å². The summed E-state index contributed by atoms with van der Waals surface area (Å²) in [6.45, 7) is 2.87. The Morgan fingerprint density at radius 2 is 2.33 bits per heavy atom. The topological polar surface area (TPSA) is 63.4 Å². The van der Waals surface area contributed by atoms with Crippen LogP contribution in [0, 0.1) is 0 Å². The third kappa shape index (κ3) is 3.94. The number of methoxy groups -OCH3 is 1. The molecule has 86 valence electrons. The third-order valence-electron chi connectivity index (χ3n) is 2.20. The Hall–Kier alpha value is -0.980. The van der Waals surface area contributed by atoms with E-state index in [0.29, 0.717) is 19.7 Å². The summed E-state index contributed by atoms with van der Waals surface area (Å²) < 4.78 is 6.74. The number of aliphatic hydroxyl groups is 1. The van der Waals surface area contributed by atoms with Gasteiger partial charge in [-0.15, -0.1) is 0 Å². The van der Waals surface area contributed by atoms with Crippen molar-refractivity contribution in [2.75, 3.05) is 33.4 Å². The lowest BCUT2D eigenvalue weighted by Gasteiger charge is -2.19. The highest BCUT2D eigenvalue weighted by Gasteiger charge is 2.08. The van der Waals surface area contributed by atoms with Gasteiger partial charge in [-0.05, 0) is 0 Å². The van der Waals surface area contributed by atoms with Crippen LogP contribution in [-0.4, -0.2) is 58.2 Å². The smallest absolute Gasteiger partial charge is 0.140 e. The largest absolute Gasteiger partial charge is 0.395 e. The number of aliphatic hydroxyl groups excluding tert-OH is 1. The van der Waals surface area contributed by atoms with Crippen molar-refractivity contribution in [3.05, 3.63) is 12.2 Å². The van der Waals surface area contributed by atoms with E-state index in [1.165, 1.54) is 6.33 Å². The van der Waals surface area contributed by atoms with Crippen molar-refractivity contribution in [1.29, 1.82) is 0 Å². The van der Waals surface area contributed by atoms with Crippen LogP contribution < -0.4 is 0 Å². The van der Waals surface area contributed by atoms with Gasteiger partial charge < -0.3 is 9.84 Å². The zero-order chi connectivity index (χ0) is 11.1. The Bertz CT molecular complexity index is 277. The van der Waals surface area contributed by atoms with Crippen molar-refractivity contribution in [3.63, 3.8) is 0 Å². The molecule has 0 aliphatic heterocycles. The summed E-state index contributed by atoms with van der Waals surface area (Å²) in [7, 11) is 3.52. The van der Waals surface area contributed by atoms with Gasteiger partial charge in [0.15, 0.2) is 0 Å². The van der Waals surface area contributed by atoms with Crippen molar-refractivity contribution >= 4 is 0 Å². The van der Waals surface area contributed by atoms with E-state index in [4.69, 9.17) is 9.84 Å². The van der Waals surface area contributed by atoms with Gasteiger partial charge in [-0.2, -0.15) is 5.10 Å². The quantitative estimate of drug-likeness (QED) is 0.647. The molecule has 1 N–H and O–H groups in total. The highest BCUT2D eigenvalue weighted by Crippen LogP contribution is 1.99. The lowest BCUT2D eigenvalue weighted by atomic mass is 10.4. The average Bonchev–Trinajstić information content (AvgIpc) is 2.61. The summed E-state index contributed by atoms with van der Waals surface area (Å²) in [5, 5.41) is 12.9. The van der Waals surface area contributed by atoms with Gasteiger partial charge in [0.2, 0.25) is 0 Å². The van der Waals surface area contributed by atoms with Gasteiger partial charge >= 0.3 is 0 Å². The van der Waals surface area contributed by atoms with Crippen LogP contribution in [0.15, 0.2) is 6.33 Å². The zero-order valence-electron chi connectivity index (χ0n) is 9.26. The van der Waals surface area contributed by atoms with Gasteiger partial charge in [0.25, 0.3) is 0 Å². The molecule has 15 heavy (non-hydrogen) atoms. The van der Waals surface area contributed by atoms with E-state index in [1.54, 1.807) is 11.8 Å². The predicted molar refractivity (Wildman–Crippen MR) is 55.2 cm³/mol. The van der Waals surface area contributed by atoms with Crippen molar-refractivity contribution in [3.8, 4) is 0 Å². The molecule has 0 fully saturated rings. The maximum absolute atomic E-state index is 8.91. The van der Waals surface area contributed by atoms with E-state index in [-0.39, 0.29) is 6.61 Å². The molecule has 1 rings (SSSR count). The van der Waals surface area contributed by atoms with E-state index in [1.807, 2.05) is 7.05 Å². The summed E-state index contributed by atoms with van der Waals surface area (Å²) in [6, 6.07) is 0. The van der Waals surface area contributed by atoms with Crippen LogP contribution in [0.4, 0.5) is 0 Å². The maximum atomic E-state index is 8.91. The first-order valence-corrected chi connectivity index (χ1v) is 4.93. The SMILES string of the molecule is COCCN(CCO)Cc1ncnn1C. The standard InChI is InChI=1S/C9H18N4O2/c1-12-9(10-8-11-12)7-13(3-5-14)4-6-15-2/h8,14H,3-7H2,1-2H3. The Balaban J connectivity index is 2.46. The number of hydrogen-bond acceptors (Lipinski definition) is 5. The van der Waals surface area contributed by atoms with E-state index < -0.39 is 0 Å². The molecule has 0 aromatic carbocycles. The van der Waals surface area contributed by atoms with Gasteiger partial charge in [-0.1, -0.05) is 0 Å². The number of aromatic nitrogens is 3. The first kappa shape index (κ1) is 12.1. The van der Waals surface area contributed by atoms with Crippen molar-refractivity contribution in [2.24, 2.45) is 7.05 Å². The van der Waals surface area contributed by atoms with Crippen LogP contribution in [0.3, 0.4) is 0 Å². The van der Waals surface area contributed by atoms with Crippen LogP contribution in [0.5, 0.6) is 0 Å². The van der Waals surface area contributed by atoms with Crippen LogP contribution >= 0.6 is 0 Å². The van der Waals surface area contributed by atoms with E-state index in [2.05, 4.69) is 15.0 Å².